The Morgan fingerprint density at radius 1 is 1.65 bits per heavy atom. The van der Waals surface area contributed by atoms with Crippen molar-refractivity contribution in [1.29, 1.82) is 0 Å². The molecule has 3 heterocycles. The number of amides is 1. The highest BCUT2D eigenvalue weighted by Gasteiger charge is 2.56. The first-order valence-corrected chi connectivity index (χ1v) is 6.10. The van der Waals surface area contributed by atoms with Gasteiger partial charge >= 0.3 is 0 Å². The summed E-state index contributed by atoms with van der Waals surface area (Å²) in [6.07, 6.45) is -1.01. The van der Waals surface area contributed by atoms with Crippen LogP contribution in [-0.2, 0) is 9.53 Å². The average Bonchev–Trinajstić information content (AvgIpc) is 2.88. The van der Waals surface area contributed by atoms with E-state index in [1.807, 2.05) is 0 Å². The lowest BCUT2D eigenvalue weighted by atomic mass is 10.1. The Balaban J connectivity index is 1.87. The molecule has 3 rings (SSSR count). The molecule has 20 heavy (non-hydrogen) atoms. The minimum absolute atomic E-state index is 0.142. The number of carbonyl (C=O) groups is 1. The molecule has 1 fully saturated rings. The molecule has 110 valence electrons. The van der Waals surface area contributed by atoms with Crippen LogP contribution in [0.5, 0.6) is 0 Å². The van der Waals surface area contributed by atoms with E-state index in [9.17, 15) is 15.0 Å². The molecule has 1 saturated heterocycles. The molecular formula is C10H15N5O5. The highest BCUT2D eigenvalue weighted by atomic mass is 16.5. The minimum Gasteiger partial charge on any atom is -0.394 e. The van der Waals surface area contributed by atoms with Gasteiger partial charge in [0.1, 0.15) is 12.3 Å². The second kappa shape index (κ2) is 4.38. The molecule has 0 aromatic rings. The van der Waals surface area contributed by atoms with Crippen molar-refractivity contribution in [3.05, 3.63) is 0 Å². The highest BCUT2D eigenvalue weighted by molar-refractivity contribution is 6.03. The number of carbonyl (C=O) groups excluding carboxylic acids is 1. The van der Waals surface area contributed by atoms with Gasteiger partial charge in [0.05, 0.1) is 19.0 Å². The Bertz CT molecular complexity index is 496. The molecule has 1 amide bonds. The molecular weight excluding hydrogens is 270 g/mol. The van der Waals surface area contributed by atoms with Gasteiger partial charge in [-0.1, -0.05) is 0 Å². The summed E-state index contributed by atoms with van der Waals surface area (Å²) in [6.45, 7) is -0.351. The van der Waals surface area contributed by atoms with E-state index in [1.54, 1.807) is 0 Å². The van der Waals surface area contributed by atoms with E-state index in [2.05, 4.69) is 15.3 Å². The summed E-state index contributed by atoms with van der Waals surface area (Å²) in [6, 6.07) is -1.15. The number of nitrogens with two attached hydrogens (primary N) is 1. The Morgan fingerprint density at radius 3 is 3.05 bits per heavy atom. The number of ether oxygens (including phenoxy) is 1. The second-order valence-corrected chi connectivity index (χ2v) is 4.86. The number of aliphatic hydroxyl groups is 3. The monoisotopic (exact) mass is 285 g/mol. The van der Waals surface area contributed by atoms with Crippen molar-refractivity contribution in [3.63, 3.8) is 0 Å². The summed E-state index contributed by atoms with van der Waals surface area (Å²) in [5, 5.41) is 31.6. The number of nitrogens with one attached hydrogen (secondary N) is 1. The summed E-state index contributed by atoms with van der Waals surface area (Å²) in [5.41, 5.74) is 5.45. The summed E-state index contributed by atoms with van der Waals surface area (Å²) in [5.74, 6) is -2.77. The van der Waals surface area contributed by atoms with Gasteiger partial charge in [-0.15, -0.1) is 0 Å². The van der Waals surface area contributed by atoms with Crippen molar-refractivity contribution in [2.45, 2.75) is 36.7 Å². The van der Waals surface area contributed by atoms with Crippen LogP contribution in [0.4, 0.5) is 0 Å². The summed E-state index contributed by atoms with van der Waals surface area (Å²) >= 11 is 0. The van der Waals surface area contributed by atoms with Gasteiger partial charge in [0.25, 0.3) is 11.8 Å². The largest absolute Gasteiger partial charge is 0.394 e. The van der Waals surface area contributed by atoms with Crippen molar-refractivity contribution in [2.24, 2.45) is 15.7 Å². The Hall–Kier alpha value is -1.75. The van der Waals surface area contributed by atoms with Crippen molar-refractivity contribution in [1.82, 2.24) is 10.2 Å². The Labute approximate surface area is 113 Å². The quantitative estimate of drug-likeness (QED) is 0.349. The molecule has 0 aromatic heterocycles. The van der Waals surface area contributed by atoms with E-state index in [1.165, 1.54) is 11.2 Å². The number of hydrogen-bond acceptors (Lipinski definition) is 9. The van der Waals surface area contributed by atoms with Crippen molar-refractivity contribution in [3.8, 4) is 0 Å². The third-order valence-electron chi connectivity index (χ3n) is 3.57. The van der Waals surface area contributed by atoms with E-state index in [0.29, 0.717) is 0 Å². The molecule has 0 aliphatic carbocycles. The SMILES string of the molecule is NC1=NC2(O)C(N=CN2[C@H]2C[C@H](O)[C@@H](CO)O2)C(=O)N1. The van der Waals surface area contributed by atoms with Crippen LogP contribution in [0.1, 0.15) is 6.42 Å². The van der Waals surface area contributed by atoms with Gasteiger partial charge < -0.3 is 25.8 Å². The minimum atomic E-state index is -1.97. The van der Waals surface area contributed by atoms with Gasteiger partial charge in [-0.05, 0) is 0 Å². The predicted molar refractivity (Wildman–Crippen MR) is 65.2 cm³/mol. The number of guanidine groups is 1. The normalized spacial score (nSPS) is 43.5. The fourth-order valence-electron chi connectivity index (χ4n) is 2.56. The smallest absolute Gasteiger partial charge is 0.275 e. The molecule has 5 atom stereocenters. The van der Waals surface area contributed by atoms with E-state index in [4.69, 9.17) is 15.6 Å². The third kappa shape index (κ3) is 1.77. The van der Waals surface area contributed by atoms with E-state index < -0.39 is 36.2 Å². The number of aliphatic imine (C=N–C) groups is 2. The zero-order valence-electron chi connectivity index (χ0n) is 10.4. The van der Waals surface area contributed by atoms with Crippen LogP contribution in [0.3, 0.4) is 0 Å². The topological polar surface area (TPSA) is 153 Å². The lowest BCUT2D eigenvalue weighted by Crippen LogP contribution is -2.63. The third-order valence-corrected chi connectivity index (χ3v) is 3.57. The number of rotatable bonds is 2. The van der Waals surface area contributed by atoms with Gasteiger partial charge in [-0.2, -0.15) is 4.99 Å². The van der Waals surface area contributed by atoms with Gasteiger partial charge in [0.15, 0.2) is 12.0 Å². The van der Waals surface area contributed by atoms with Crippen LogP contribution in [0.25, 0.3) is 0 Å². The number of hydrogen-bond donors (Lipinski definition) is 5. The molecule has 0 saturated carbocycles. The van der Waals surface area contributed by atoms with E-state index in [-0.39, 0.29) is 19.0 Å². The Morgan fingerprint density at radius 2 is 2.40 bits per heavy atom. The molecule has 0 bridgehead atoms. The van der Waals surface area contributed by atoms with Crippen LogP contribution in [0.15, 0.2) is 9.98 Å². The number of fused-ring (bicyclic) bond motifs is 1. The fraction of sp³-hybridized carbons (Fsp3) is 0.700. The van der Waals surface area contributed by atoms with Crippen LogP contribution < -0.4 is 11.1 Å². The average molecular weight is 285 g/mol. The maximum Gasteiger partial charge on any atom is 0.275 e. The van der Waals surface area contributed by atoms with Crippen LogP contribution in [0.2, 0.25) is 0 Å². The zero-order valence-corrected chi connectivity index (χ0v) is 10.4. The molecule has 3 aliphatic rings. The zero-order chi connectivity index (χ0) is 14.5. The maximum atomic E-state index is 11.7. The summed E-state index contributed by atoms with van der Waals surface area (Å²) in [7, 11) is 0. The number of aliphatic hydroxyl groups excluding tert-OH is 2. The standard InChI is InChI=1S/C10H15N5O5/c11-9-13-8(18)7-10(19,14-9)15(3-12-7)6-1-4(17)5(2-16)20-6/h3-7,16-17,19H,1-2H2,(H3,11,13,14,18)/t4-,5+,6+,7?,10?/m0/s1. The first-order chi connectivity index (χ1) is 9.45. The molecule has 10 nitrogen and oxygen atoms in total. The van der Waals surface area contributed by atoms with Gasteiger partial charge in [-0.3, -0.25) is 20.0 Å². The lowest BCUT2D eigenvalue weighted by molar-refractivity contribution is -0.161. The van der Waals surface area contributed by atoms with Crippen molar-refractivity contribution >= 4 is 18.2 Å². The Kier molecular flexibility index (Phi) is 2.90. The molecule has 2 unspecified atom stereocenters. The van der Waals surface area contributed by atoms with Crippen molar-refractivity contribution in [2.75, 3.05) is 6.61 Å². The van der Waals surface area contributed by atoms with Gasteiger partial charge in [0.2, 0.25) is 0 Å². The maximum absolute atomic E-state index is 11.7. The van der Waals surface area contributed by atoms with E-state index >= 15 is 0 Å². The van der Waals surface area contributed by atoms with Gasteiger partial charge in [-0.25, -0.2) is 0 Å². The molecule has 0 aromatic carbocycles. The molecule has 0 radical (unpaired) electrons. The van der Waals surface area contributed by atoms with Crippen LogP contribution >= 0.6 is 0 Å². The molecule has 0 spiro atoms. The summed E-state index contributed by atoms with van der Waals surface area (Å²) in [4.78, 5) is 20.7. The molecule has 10 heteroatoms. The first kappa shape index (κ1) is 13.2. The highest BCUT2D eigenvalue weighted by Crippen LogP contribution is 2.34. The van der Waals surface area contributed by atoms with Crippen molar-refractivity contribution < 1.29 is 24.9 Å². The fourth-order valence-corrected chi connectivity index (χ4v) is 2.56. The lowest BCUT2D eigenvalue weighted by Gasteiger charge is -2.38. The number of nitrogens with zero attached hydrogens (tertiary/aromatic N) is 3. The molecule has 6 N–H and O–H groups in total. The van der Waals surface area contributed by atoms with E-state index in [0.717, 1.165) is 0 Å². The van der Waals surface area contributed by atoms with Gasteiger partial charge in [0, 0.05) is 6.42 Å². The van der Waals surface area contributed by atoms with Crippen LogP contribution in [0, 0.1) is 0 Å². The summed E-state index contributed by atoms with van der Waals surface area (Å²) < 4.78 is 5.42. The second-order valence-electron chi connectivity index (χ2n) is 4.86. The first-order valence-electron chi connectivity index (χ1n) is 6.10. The predicted octanol–water partition coefficient (Wildman–Crippen LogP) is -3.74. The molecule has 3 aliphatic heterocycles. The van der Waals surface area contributed by atoms with Crippen LogP contribution in [-0.4, -0.2) is 75.4 Å².